The molecule has 0 bridgehead atoms. The van der Waals surface area contributed by atoms with Crippen molar-refractivity contribution in [2.75, 3.05) is 26.2 Å². The Kier molecular flexibility index (Phi) is 5.10. The summed E-state index contributed by atoms with van der Waals surface area (Å²) in [6.07, 6.45) is 1.07. The number of halogens is 1. The summed E-state index contributed by atoms with van der Waals surface area (Å²) < 4.78 is 0. The topological polar surface area (TPSA) is 6.48 Å². The molecule has 0 aliphatic carbocycles. The van der Waals surface area contributed by atoms with Gasteiger partial charge < -0.3 is 0 Å². The van der Waals surface area contributed by atoms with Crippen LogP contribution in [-0.2, 0) is 6.42 Å². The predicted octanol–water partition coefficient (Wildman–Crippen LogP) is 5.11. The van der Waals surface area contributed by atoms with E-state index in [1.807, 2.05) is 17.8 Å². The third kappa shape index (κ3) is 3.61. The first-order valence-electron chi connectivity index (χ1n) is 9.15. The molecule has 0 radical (unpaired) electrons. The summed E-state index contributed by atoms with van der Waals surface area (Å²) in [5.41, 5.74) is 2.85. The second-order valence-electron chi connectivity index (χ2n) is 7.28. The third-order valence-electron chi connectivity index (χ3n) is 5.46. The molecule has 2 aromatic rings. The molecular weight excluding hydrogens is 348 g/mol. The molecule has 1 saturated heterocycles. The van der Waals surface area contributed by atoms with Crippen molar-refractivity contribution in [2.24, 2.45) is 0 Å². The van der Waals surface area contributed by atoms with Gasteiger partial charge in [0.2, 0.25) is 0 Å². The zero-order valence-electron chi connectivity index (χ0n) is 14.9. The Morgan fingerprint density at radius 1 is 1.00 bits per heavy atom. The fourth-order valence-electron chi connectivity index (χ4n) is 3.97. The average molecular weight is 373 g/mol. The van der Waals surface area contributed by atoms with Crippen molar-refractivity contribution in [2.45, 2.75) is 42.1 Å². The van der Waals surface area contributed by atoms with Gasteiger partial charge >= 0.3 is 0 Å². The van der Waals surface area contributed by atoms with Gasteiger partial charge in [0.1, 0.15) is 0 Å². The van der Waals surface area contributed by atoms with E-state index in [2.05, 4.69) is 60.0 Å². The average Bonchev–Trinajstić information content (AvgIpc) is 2.78. The molecule has 2 aliphatic heterocycles. The molecule has 4 rings (SSSR count). The first kappa shape index (κ1) is 17.4. The molecule has 0 saturated carbocycles. The van der Waals surface area contributed by atoms with Crippen molar-refractivity contribution in [1.82, 2.24) is 9.80 Å². The summed E-state index contributed by atoms with van der Waals surface area (Å²) in [5, 5.41) is 0.844. The van der Waals surface area contributed by atoms with Gasteiger partial charge in [-0.25, -0.2) is 0 Å². The van der Waals surface area contributed by atoms with E-state index < -0.39 is 0 Å². The normalized spacial score (nSPS) is 21.7. The molecule has 25 heavy (non-hydrogen) atoms. The van der Waals surface area contributed by atoms with E-state index in [0.29, 0.717) is 12.1 Å². The van der Waals surface area contributed by atoms with E-state index in [4.69, 9.17) is 11.6 Å². The van der Waals surface area contributed by atoms with Gasteiger partial charge in [-0.2, -0.15) is 0 Å². The zero-order chi connectivity index (χ0) is 17.4. The number of hydrogen-bond acceptors (Lipinski definition) is 3. The van der Waals surface area contributed by atoms with Gasteiger partial charge in [-0.05, 0) is 55.7 Å². The molecule has 2 heterocycles. The summed E-state index contributed by atoms with van der Waals surface area (Å²) in [6, 6.07) is 16.3. The van der Waals surface area contributed by atoms with E-state index in [0.717, 1.165) is 37.6 Å². The summed E-state index contributed by atoms with van der Waals surface area (Å²) in [7, 11) is 0. The molecule has 2 nitrogen and oxygen atoms in total. The Bertz CT molecular complexity index is 753. The van der Waals surface area contributed by atoms with Crippen LogP contribution >= 0.6 is 23.4 Å². The molecular formula is C21H25ClN2S. The lowest BCUT2D eigenvalue weighted by molar-refractivity contribution is 0.0768. The van der Waals surface area contributed by atoms with Crippen molar-refractivity contribution in [1.29, 1.82) is 0 Å². The maximum Gasteiger partial charge on any atom is 0.0410 e. The highest BCUT2D eigenvalue weighted by Gasteiger charge is 2.30. The number of nitrogens with zero attached hydrogens (tertiary/aromatic N) is 2. The molecule has 2 aromatic carbocycles. The largest absolute Gasteiger partial charge is 0.298 e. The summed E-state index contributed by atoms with van der Waals surface area (Å²) >= 11 is 8.26. The zero-order valence-corrected chi connectivity index (χ0v) is 16.5. The van der Waals surface area contributed by atoms with Gasteiger partial charge in [-0.15, -0.1) is 0 Å². The molecule has 1 atom stereocenters. The fraction of sp³-hybridized carbons (Fsp3) is 0.429. The lowest BCUT2D eigenvalue weighted by Gasteiger charge is -2.41. The second-order valence-corrected chi connectivity index (χ2v) is 8.80. The van der Waals surface area contributed by atoms with Crippen molar-refractivity contribution in [3.63, 3.8) is 0 Å². The highest BCUT2D eigenvalue weighted by molar-refractivity contribution is 7.99. The minimum atomic E-state index is 0.416. The van der Waals surface area contributed by atoms with Crippen LogP contribution in [0.1, 0.15) is 31.0 Å². The van der Waals surface area contributed by atoms with Crippen molar-refractivity contribution < 1.29 is 0 Å². The third-order valence-corrected chi connectivity index (χ3v) is 6.90. The van der Waals surface area contributed by atoms with Gasteiger partial charge in [0.15, 0.2) is 0 Å². The smallest absolute Gasteiger partial charge is 0.0410 e. The number of hydrogen-bond donors (Lipinski definition) is 0. The lowest BCUT2D eigenvalue weighted by atomic mass is 9.96. The predicted molar refractivity (Wildman–Crippen MR) is 107 cm³/mol. The van der Waals surface area contributed by atoms with Crippen LogP contribution in [0.25, 0.3) is 0 Å². The fourth-order valence-corrected chi connectivity index (χ4v) is 5.27. The van der Waals surface area contributed by atoms with Crippen LogP contribution in [0.15, 0.2) is 52.3 Å². The maximum atomic E-state index is 6.37. The molecule has 4 heteroatoms. The van der Waals surface area contributed by atoms with Crippen LogP contribution in [0.5, 0.6) is 0 Å². The van der Waals surface area contributed by atoms with Gasteiger partial charge in [-0.3, -0.25) is 9.80 Å². The Balaban J connectivity index is 1.68. The quantitative estimate of drug-likeness (QED) is 0.722. The van der Waals surface area contributed by atoms with Crippen molar-refractivity contribution >= 4 is 23.4 Å². The molecule has 0 aromatic heterocycles. The molecule has 0 spiro atoms. The molecule has 2 aliphatic rings. The van der Waals surface area contributed by atoms with Crippen LogP contribution in [0.2, 0.25) is 5.02 Å². The lowest BCUT2D eigenvalue weighted by Crippen LogP contribution is -2.50. The highest BCUT2D eigenvalue weighted by Crippen LogP contribution is 2.43. The van der Waals surface area contributed by atoms with Crippen LogP contribution in [0.4, 0.5) is 0 Å². The van der Waals surface area contributed by atoms with Crippen LogP contribution in [0, 0.1) is 0 Å². The SMILES string of the molecule is CC(C)N1CCN([C@@H]2Cc3ccccc3Sc3ccc(Cl)cc32)CC1. The van der Waals surface area contributed by atoms with E-state index in [9.17, 15) is 0 Å². The van der Waals surface area contributed by atoms with E-state index in [1.54, 1.807) is 0 Å². The molecule has 0 amide bonds. The van der Waals surface area contributed by atoms with Crippen LogP contribution in [0.3, 0.4) is 0 Å². The van der Waals surface area contributed by atoms with Gasteiger partial charge in [-0.1, -0.05) is 41.6 Å². The first-order chi connectivity index (χ1) is 12.1. The minimum Gasteiger partial charge on any atom is -0.298 e. The van der Waals surface area contributed by atoms with E-state index in [1.165, 1.54) is 20.9 Å². The molecule has 1 fully saturated rings. The van der Waals surface area contributed by atoms with E-state index in [-0.39, 0.29) is 0 Å². The Morgan fingerprint density at radius 2 is 1.76 bits per heavy atom. The summed E-state index contributed by atoms with van der Waals surface area (Å²) in [6.45, 7) is 9.15. The Morgan fingerprint density at radius 3 is 2.52 bits per heavy atom. The van der Waals surface area contributed by atoms with Gasteiger partial charge in [0.05, 0.1) is 0 Å². The molecule has 0 unspecified atom stereocenters. The second kappa shape index (κ2) is 7.32. The number of benzene rings is 2. The Hall–Kier alpha value is -1.00. The van der Waals surface area contributed by atoms with Crippen molar-refractivity contribution in [3.05, 3.63) is 58.6 Å². The standard InChI is InChI=1S/C21H25ClN2S/c1-15(2)23-9-11-24(12-10-23)19-13-16-5-3-4-6-20(16)25-21-8-7-17(22)14-18(19)21/h3-8,14-15,19H,9-13H2,1-2H3/t19-/m1/s1. The number of piperazine rings is 1. The maximum absolute atomic E-state index is 6.37. The van der Waals surface area contributed by atoms with Crippen LogP contribution < -0.4 is 0 Å². The molecule has 0 N–H and O–H groups in total. The summed E-state index contributed by atoms with van der Waals surface area (Å²) in [5.74, 6) is 0. The monoisotopic (exact) mass is 372 g/mol. The number of rotatable bonds is 2. The number of fused-ring (bicyclic) bond motifs is 2. The Labute approximate surface area is 160 Å². The minimum absolute atomic E-state index is 0.416. The highest BCUT2D eigenvalue weighted by atomic mass is 35.5. The van der Waals surface area contributed by atoms with Crippen LogP contribution in [-0.4, -0.2) is 42.0 Å². The van der Waals surface area contributed by atoms with Gasteiger partial charge in [0.25, 0.3) is 0 Å². The summed E-state index contributed by atoms with van der Waals surface area (Å²) in [4.78, 5) is 7.98. The molecule has 132 valence electrons. The first-order valence-corrected chi connectivity index (χ1v) is 10.3. The van der Waals surface area contributed by atoms with E-state index >= 15 is 0 Å². The van der Waals surface area contributed by atoms with Gasteiger partial charge in [0, 0.05) is 53.1 Å². The van der Waals surface area contributed by atoms with Crippen molar-refractivity contribution in [3.8, 4) is 0 Å².